The van der Waals surface area contributed by atoms with Crippen molar-refractivity contribution in [3.63, 3.8) is 0 Å². The number of amides is 1. The highest BCUT2D eigenvalue weighted by molar-refractivity contribution is 7.98. The third-order valence-electron chi connectivity index (χ3n) is 6.06. The van der Waals surface area contributed by atoms with E-state index in [0.29, 0.717) is 38.5 Å². The van der Waals surface area contributed by atoms with Crippen LogP contribution in [0.2, 0.25) is 5.02 Å². The van der Waals surface area contributed by atoms with Crippen LogP contribution in [0.25, 0.3) is 33.1 Å². The number of aryl methyl sites for hydroxylation is 2. The zero-order chi connectivity index (χ0) is 25.3. The van der Waals surface area contributed by atoms with Gasteiger partial charge >= 0.3 is 5.63 Å². The van der Waals surface area contributed by atoms with Crippen molar-refractivity contribution >= 4 is 57.2 Å². The number of halogens is 1. The predicted octanol–water partition coefficient (Wildman–Crippen LogP) is 4.01. The maximum atomic E-state index is 12.8. The third kappa shape index (κ3) is 4.94. The Morgan fingerprint density at radius 2 is 1.83 bits per heavy atom. The van der Waals surface area contributed by atoms with Gasteiger partial charge in [-0.2, -0.15) is 11.8 Å². The van der Waals surface area contributed by atoms with Crippen molar-refractivity contribution in [2.45, 2.75) is 32.7 Å². The lowest BCUT2D eigenvalue weighted by atomic mass is 9.97. The lowest BCUT2D eigenvalue weighted by Gasteiger charge is -2.19. The summed E-state index contributed by atoms with van der Waals surface area (Å²) in [5.74, 6) is -1.40. The largest absolute Gasteiger partial charge is 0.548 e. The number of carbonyl (C=O) groups excluding carboxylic acids is 2. The number of hydrogen-bond donors (Lipinski definition) is 1. The van der Waals surface area contributed by atoms with E-state index >= 15 is 0 Å². The van der Waals surface area contributed by atoms with E-state index in [0.717, 1.165) is 16.5 Å². The average molecular weight is 513 g/mol. The summed E-state index contributed by atoms with van der Waals surface area (Å²) >= 11 is 7.49. The first-order valence-electron chi connectivity index (χ1n) is 10.9. The molecule has 1 atom stereocenters. The topological polar surface area (TPSA) is 113 Å². The number of carboxylic acid groups (broad SMARTS) is 1. The van der Waals surface area contributed by atoms with Gasteiger partial charge in [0.05, 0.1) is 30.3 Å². The molecule has 9 heteroatoms. The van der Waals surface area contributed by atoms with Gasteiger partial charge in [-0.1, -0.05) is 23.7 Å². The Bertz CT molecular complexity index is 1490. The molecule has 0 aliphatic carbocycles. The fourth-order valence-electron chi connectivity index (χ4n) is 4.14. The number of nitrogens with one attached hydrogen (secondary N) is 1. The molecule has 0 spiro atoms. The van der Waals surface area contributed by atoms with Gasteiger partial charge in [0.1, 0.15) is 11.2 Å². The summed E-state index contributed by atoms with van der Waals surface area (Å²) in [4.78, 5) is 36.8. The van der Waals surface area contributed by atoms with Crippen LogP contribution in [0.4, 0.5) is 0 Å². The van der Waals surface area contributed by atoms with E-state index in [-0.39, 0.29) is 18.4 Å². The van der Waals surface area contributed by atoms with Gasteiger partial charge in [0.2, 0.25) is 5.91 Å². The summed E-state index contributed by atoms with van der Waals surface area (Å²) < 4.78 is 11.4. The molecule has 0 saturated heterocycles. The lowest BCUT2D eigenvalue weighted by Crippen LogP contribution is -2.48. The third-order valence-corrected chi connectivity index (χ3v) is 6.96. The van der Waals surface area contributed by atoms with Crippen LogP contribution in [0, 0.1) is 13.8 Å². The molecule has 0 aliphatic rings. The first-order chi connectivity index (χ1) is 16.7. The Morgan fingerprint density at radius 1 is 1.11 bits per heavy atom. The minimum atomic E-state index is -1.36. The maximum Gasteiger partial charge on any atom is 0.340 e. The molecule has 182 valence electrons. The Kier molecular flexibility index (Phi) is 7.23. The summed E-state index contributed by atoms with van der Waals surface area (Å²) in [7, 11) is 0. The lowest BCUT2D eigenvalue weighted by molar-refractivity contribution is -0.308. The second-order valence-electron chi connectivity index (χ2n) is 8.30. The SMILES string of the molecule is CSCC[C@H](NC(=O)Cc1c(C)c2cc3c(-c4ccc(Cl)cc4)coc3c(C)c2oc1=O)C(=O)[O-]. The molecule has 0 aliphatic heterocycles. The van der Waals surface area contributed by atoms with Gasteiger partial charge < -0.3 is 24.1 Å². The molecule has 1 amide bonds. The predicted molar refractivity (Wildman–Crippen MR) is 136 cm³/mol. The number of fused-ring (bicyclic) bond motifs is 2. The van der Waals surface area contributed by atoms with Crippen molar-refractivity contribution in [2.75, 3.05) is 12.0 Å². The molecule has 2 aromatic heterocycles. The van der Waals surface area contributed by atoms with Gasteiger partial charge in [-0.15, -0.1) is 0 Å². The number of carboxylic acids is 1. The van der Waals surface area contributed by atoms with Crippen molar-refractivity contribution in [3.05, 3.63) is 68.7 Å². The highest BCUT2D eigenvalue weighted by Crippen LogP contribution is 2.37. The molecule has 0 bridgehead atoms. The highest BCUT2D eigenvalue weighted by Gasteiger charge is 2.21. The number of thioether (sulfide) groups is 1. The molecular weight excluding hydrogens is 490 g/mol. The van der Waals surface area contributed by atoms with E-state index in [2.05, 4.69) is 5.32 Å². The van der Waals surface area contributed by atoms with Crippen LogP contribution in [0.1, 0.15) is 23.1 Å². The molecule has 4 rings (SSSR count). The molecule has 7 nitrogen and oxygen atoms in total. The number of benzene rings is 2. The minimum Gasteiger partial charge on any atom is -0.548 e. The van der Waals surface area contributed by atoms with Gasteiger partial charge in [-0.25, -0.2) is 4.79 Å². The monoisotopic (exact) mass is 512 g/mol. The zero-order valence-corrected chi connectivity index (χ0v) is 21.0. The average Bonchev–Trinajstić information content (AvgIpc) is 3.25. The number of rotatable bonds is 8. The van der Waals surface area contributed by atoms with Crippen molar-refractivity contribution in [2.24, 2.45) is 0 Å². The van der Waals surface area contributed by atoms with Crippen LogP contribution < -0.4 is 16.0 Å². The van der Waals surface area contributed by atoms with E-state index in [9.17, 15) is 19.5 Å². The first-order valence-corrected chi connectivity index (χ1v) is 12.7. The van der Waals surface area contributed by atoms with E-state index in [4.69, 9.17) is 20.4 Å². The molecule has 1 N–H and O–H groups in total. The van der Waals surface area contributed by atoms with Crippen LogP contribution in [0.15, 0.2) is 50.2 Å². The van der Waals surface area contributed by atoms with Gasteiger partial charge in [-0.3, -0.25) is 4.79 Å². The van der Waals surface area contributed by atoms with Gasteiger partial charge in [-0.05, 0) is 61.6 Å². The van der Waals surface area contributed by atoms with E-state index in [1.807, 2.05) is 31.4 Å². The Hall–Kier alpha value is -3.23. The van der Waals surface area contributed by atoms with E-state index in [1.165, 1.54) is 11.8 Å². The number of furan rings is 1. The van der Waals surface area contributed by atoms with E-state index < -0.39 is 23.5 Å². The van der Waals surface area contributed by atoms with Crippen molar-refractivity contribution in [1.82, 2.24) is 5.32 Å². The van der Waals surface area contributed by atoms with Crippen LogP contribution in [0.3, 0.4) is 0 Å². The summed E-state index contributed by atoms with van der Waals surface area (Å²) in [6.07, 6.45) is 3.41. The normalized spacial score (nSPS) is 12.2. The van der Waals surface area contributed by atoms with E-state index in [1.54, 1.807) is 25.3 Å². The molecule has 35 heavy (non-hydrogen) atoms. The zero-order valence-electron chi connectivity index (χ0n) is 19.4. The van der Waals surface area contributed by atoms with Crippen molar-refractivity contribution < 1.29 is 23.5 Å². The summed E-state index contributed by atoms with van der Waals surface area (Å²) in [6.45, 7) is 3.56. The second-order valence-corrected chi connectivity index (χ2v) is 9.72. The minimum absolute atomic E-state index is 0.173. The quantitative estimate of drug-likeness (QED) is 0.355. The van der Waals surface area contributed by atoms with Crippen LogP contribution in [-0.2, 0) is 16.0 Å². The summed E-state index contributed by atoms with van der Waals surface area (Å²) in [5, 5.41) is 16.0. The molecule has 2 heterocycles. The molecule has 2 aromatic carbocycles. The van der Waals surface area contributed by atoms with Crippen LogP contribution in [0.5, 0.6) is 0 Å². The molecular formula is C26H23ClNO6S-. The van der Waals surface area contributed by atoms with Crippen LogP contribution >= 0.6 is 23.4 Å². The fourth-order valence-corrected chi connectivity index (χ4v) is 4.74. The van der Waals surface area contributed by atoms with Crippen molar-refractivity contribution in [3.8, 4) is 11.1 Å². The summed E-state index contributed by atoms with van der Waals surface area (Å²) in [5.41, 5.74) is 3.54. The molecule has 0 unspecified atom stereocenters. The fraction of sp³-hybridized carbons (Fsp3) is 0.269. The summed E-state index contributed by atoms with van der Waals surface area (Å²) in [6, 6.07) is 8.13. The van der Waals surface area contributed by atoms with Gasteiger partial charge in [0.25, 0.3) is 0 Å². The standard InChI is InChI=1S/C26H24ClNO6S/c1-13-17-10-19-20(15-4-6-16(27)7-5-15)12-33-23(19)14(2)24(17)34-26(32)18(13)11-22(29)28-21(25(30)31)8-9-35-3/h4-7,10,12,21H,8-9,11H2,1-3H3,(H,28,29)(H,30,31)/p-1/t21-/m0/s1. The molecule has 0 fully saturated rings. The van der Waals surface area contributed by atoms with Crippen LogP contribution in [-0.4, -0.2) is 29.9 Å². The molecule has 0 radical (unpaired) electrons. The first kappa shape index (κ1) is 24.9. The number of hydrogen-bond acceptors (Lipinski definition) is 7. The highest BCUT2D eigenvalue weighted by atomic mass is 35.5. The van der Waals surface area contributed by atoms with Gasteiger partial charge in [0, 0.05) is 26.9 Å². The smallest absolute Gasteiger partial charge is 0.340 e. The number of aliphatic carboxylic acids is 1. The number of carbonyl (C=O) groups is 2. The Morgan fingerprint density at radius 3 is 2.49 bits per heavy atom. The maximum absolute atomic E-state index is 12.8. The molecule has 4 aromatic rings. The second kappa shape index (κ2) is 10.2. The van der Waals surface area contributed by atoms with Crippen molar-refractivity contribution in [1.29, 1.82) is 0 Å². The van der Waals surface area contributed by atoms with Gasteiger partial charge in [0.15, 0.2) is 0 Å². The Balaban J connectivity index is 1.76. The Labute approximate surface area is 210 Å². The molecule has 0 saturated carbocycles.